The molecule has 4 nitrogen and oxygen atoms in total. The fourth-order valence-electron chi connectivity index (χ4n) is 1.95. The van der Waals surface area contributed by atoms with E-state index in [4.69, 9.17) is 9.47 Å². The van der Waals surface area contributed by atoms with Gasteiger partial charge in [-0.1, -0.05) is 34.6 Å². The van der Waals surface area contributed by atoms with Crippen LogP contribution in [0.2, 0.25) is 0 Å². The quantitative estimate of drug-likeness (QED) is 0.309. The number of benzene rings is 2. The number of hydrogen-bond donors (Lipinski definition) is 0. The first-order valence-electron chi connectivity index (χ1n) is 7.34. The number of halogens is 1. The smallest absolute Gasteiger partial charge is 0.333 e. The van der Waals surface area contributed by atoms with Gasteiger partial charge in [0.25, 0.3) is 0 Å². The molecule has 2 aromatic rings. The van der Waals surface area contributed by atoms with Crippen molar-refractivity contribution in [1.82, 2.24) is 0 Å². The minimum atomic E-state index is -0.460. The van der Waals surface area contributed by atoms with Crippen LogP contribution in [0, 0.1) is 0 Å². The summed E-state index contributed by atoms with van der Waals surface area (Å²) in [6.45, 7) is 5.33. The van der Waals surface area contributed by atoms with E-state index >= 15 is 0 Å². The SMILES string of the molecule is C=C(C)C(=O)OCCOc1ccccc1C(=O)c1ccc(Br)cc1. The Hall–Kier alpha value is -2.40. The van der Waals surface area contributed by atoms with Gasteiger partial charge >= 0.3 is 5.97 Å². The Morgan fingerprint density at radius 3 is 2.38 bits per heavy atom. The van der Waals surface area contributed by atoms with E-state index in [0.717, 1.165) is 4.47 Å². The minimum absolute atomic E-state index is 0.0898. The first-order chi connectivity index (χ1) is 11.5. The largest absolute Gasteiger partial charge is 0.489 e. The van der Waals surface area contributed by atoms with Gasteiger partial charge in [-0.3, -0.25) is 4.79 Å². The van der Waals surface area contributed by atoms with Crippen molar-refractivity contribution >= 4 is 27.7 Å². The first kappa shape index (κ1) is 17.9. The van der Waals surface area contributed by atoms with Gasteiger partial charge < -0.3 is 9.47 Å². The molecule has 0 aliphatic rings. The molecule has 0 saturated heterocycles. The standard InChI is InChI=1S/C19H17BrO4/c1-13(2)19(22)24-12-11-23-17-6-4-3-5-16(17)18(21)14-7-9-15(20)10-8-14/h3-10H,1,11-12H2,2H3. The van der Waals surface area contributed by atoms with Gasteiger partial charge in [-0.05, 0) is 43.3 Å². The summed E-state index contributed by atoms with van der Waals surface area (Å²) in [6, 6.07) is 14.1. The third-order valence-electron chi connectivity index (χ3n) is 3.16. The summed E-state index contributed by atoms with van der Waals surface area (Å²) in [7, 11) is 0. The second kappa shape index (κ2) is 8.45. The van der Waals surface area contributed by atoms with E-state index in [-0.39, 0.29) is 19.0 Å². The third-order valence-corrected chi connectivity index (χ3v) is 3.69. The van der Waals surface area contributed by atoms with Crippen LogP contribution in [0.4, 0.5) is 0 Å². The topological polar surface area (TPSA) is 52.6 Å². The van der Waals surface area contributed by atoms with E-state index in [1.165, 1.54) is 0 Å². The van der Waals surface area contributed by atoms with Crippen molar-refractivity contribution in [1.29, 1.82) is 0 Å². The van der Waals surface area contributed by atoms with Gasteiger partial charge in [0, 0.05) is 15.6 Å². The molecule has 0 bridgehead atoms. The van der Waals surface area contributed by atoms with E-state index < -0.39 is 5.97 Å². The molecule has 0 amide bonds. The van der Waals surface area contributed by atoms with Crippen molar-refractivity contribution in [3.05, 3.63) is 76.3 Å². The summed E-state index contributed by atoms with van der Waals surface area (Å²) >= 11 is 3.35. The Morgan fingerprint density at radius 1 is 1.04 bits per heavy atom. The molecule has 0 aliphatic carbocycles. The van der Waals surface area contributed by atoms with Crippen molar-refractivity contribution in [3.8, 4) is 5.75 Å². The summed E-state index contributed by atoms with van der Waals surface area (Å²) in [4.78, 5) is 23.9. The number of hydrogen-bond acceptors (Lipinski definition) is 4. The highest BCUT2D eigenvalue weighted by Gasteiger charge is 2.14. The second-order valence-electron chi connectivity index (χ2n) is 5.10. The molecule has 24 heavy (non-hydrogen) atoms. The highest BCUT2D eigenvalue weighted by Crippen LogP contribution is 2.22. The van der Waals surface area contributed by atoms with Crippen LogP contribution >= 0.6 is 15.9 Å². The predicted octanol–water partition coefficient (Wildman–Crippen LogP) is 4.18. The van der Waals surface area contributed by atoms with Crippen molar-refractivity contribution < 1.29 is 19.1 Å². The van der Waals surface area contributed by atoms with Gasteiger partial charge in [0.05, 0.1) is 5.56 Å². The van der Waals surface area contributed by atoms with E-state index in [2.05, 4.69) is 22.5 Å². The van der Waals surface area contributed by atoms with E-state index in [1.807, 2.05) is 12.1 Å². The third kappa shape index (κ3) is 4.80. The van der Waals surface area contributed by atoms with Crippen molar-refractivity contribution in [2.24, 2.45) is 0 Å². The van der Waals surface area contributed by atoms with E-state index in [0.29, 0.717) is 22.4 Å². The first-order valence-corrected chi connectivity index (χ1v) is 8.13. The maximum Gasteiger partial charge on any atom is 0.333 e. The fourth-order valence-corrected chi connectivity index (χ4v) is 2.21. The number of carbonyl (C=O) groups excluding carboxylic acids is 2. The van der Waals surface area contributed by atoms with E-state index in [1.54, 1.807) is 43.3 Å². The fraction of sp³-hybridized carbons (Fsp3) is 0.158. The molecule has 124 valence electrons. The molecule has 0 heterocycles. The minimum Gasteiger partial charge on any atom is -0.489 e. The lowest BCUT2D eigenvalue weighted by Crippen LogP contribution is -2.13. The van der Waals surface area contributed by atoms with Crippen molar-refractivity contribution in [3.63, 3.8) is 0 Å². The van der Waals surface area contributed by atoms with Crippen LogP contribution in [-0.4, -0.2) is 25.0 Å². The van der Waals surface area contributed by atoms with Gasteiger partial charge in [-0.2, -0.15) is 0 Å². The highest BCUT2D eigenvalue weighted by atomic mass is 79.9. The molecule has 0 fully saturated rings. The van der Waals surface area contributed by atoms with Crippen molar-refractivity contribution in [2.45, 2.75) is 6.92 Å². The average molecular weight is 389 g/mol. The molecule has 0 spiro atoms. The zero-order valence-electron chi connectivity index (χ0n) is 13.3. The summed E-state index contributed by atoms with van der Waals surface area (Å²) in [5.74, 6) is -0.133. The molecule has 0 saturated carbocycles. The van der Waals surface area contributed by atoms with Gasteiger partial charge in [0.15, 0.2) is 5.78 Å². The Balaban J connectivity index is 2.04. The Kier molecular flexibility index (Phi) is 6.32. The van der Waals surface area contributed by atoms with Crippen LogP contribution in [0.5, 0.6) is 5.75 Å². The average Bonchev–Trinajstić information content (AvgIpc) is 2.59. The Labute approximate surface area is 149 Å². The van der Waals surface area contributed by atoms with Crippen LogP contribution in [0.1, 0.15) is 22.8 Å². The van der Waals surface area contributed by atoms with Crippen LogP contribution in [0.15, 0.2) is 65.2 Å². The van der Waals surface area contributed by atoms with Gasteiger partial charge in [-0.25, -0.2) is 4.79 Å². The normalized spacial score (nSPS) is 10.1. The van der Waals surface area contributed by atoms with Crippen molar-refractivity contribution in [2.75, 3.05) is 13.2 Å². The summed E-state index contributed by atoms with van der Waals surface area (Å²) in [5.41, 5.74) is 1.37. The van der Waals surface area contributed by atoms with Crippen LogP contribution in [-0.2, 0) is 9.53 Å². The molecular formula is C19H17BrO4. The number of esters is 1. The maximum atomic E-state index is 12.6. The summed E-state index contributed by atoms with van der Waals surface area (Å²) < 4.78 is 11.5. The van der Waals surface area contributed by atoms with Gasteiger partial charge in [0.2, 0.25) is 0 Å². The van der Waals surface area contributed by atoms with Crippen LogP contribution < -0.4 is 4.74 Å². The lowest BCUT2D eigenvalue weighted by Gasteiger charge is -2.11. The molecule has 0 aromatic heterocycles. The molecule has 0 N–H and O–H groups in total. The zero-order valence-corrected chi connectivity index (χ0v) is 14.8. The lowest BCUT2D eigenvalue weighted by atomic mass is 10.0. The van der Waals surface area contributed by atoms with E-state index in [9.17, 15) is 9.59 Å². The molecule has 2 rings (SSSR count). The Bertz CT molecular complexity index is 750. The molecule has 0 atom stereocenters. The Morgan fingerprint density at radius 2 is 1.71 bits per heavy atom. The van der Waals surface area contributed by atoms with Crippen LogP contribution in [0.3, 0.4) is 0 Å². The number of carbonyl (C=O) groups is 2. The second-order valence-corrected chi connectivity index (χ2v) is 6.01. The summed E-state index contributed by atoms with van der Waals surface area (Å²) in [5, 5.41) is 0. The highest BCUT2D eigenvalue weighted by molar-refractivity contribution is 9.10. The lowest BCUT2D eigenvalue weighted by molar-refractivity contribution is -0.139. The molecular weight excluding hydrogens is 372 g/mol. The molecule has 2 aromatic carbocycles. The maximum absolute atomic E-state index is 12.6. The van der Waals surface area contributed by atoms with Gasteiger partial charge in [0.1, 0.15) is 19.0 Å². The van der Waals surface area contributed by atoms with Crippen LogP contribution in [0.25, 0.3) is 0 Å². The zero-order chi connectivity index (χ0) is 17.5. The van der Waals surface area contributed by atoms with Gasteiger partial charge in [-0.15, -0.1) is 0 Å². The number of ether oxygens (including phenoxy) is 2. The molecule has 0 aliphatic heterocycles. The number of rotatable bonds is 7. The predicted molar refractivity (Wildman–Crippen MR) is 95.3 cm³/mol. The number of para-hydroxylation sites is 1. The molecule has 0 unspecified atom stereocenters. The monoisotopic (exact) mass is 388 g/mol. The summed E-state index contributed by atoms with van der Waals surface area (Å²) in [6.07, 6.45) is 0. The number of ketones is 1. The molecule has 5 heteroatoms. The molecule has 0 radical (unpaired) electrons.